The highest BCUT2D eigenvalue weighted by molar-refractivity contribution is 6.29. The SMILES string of the molecule is CC(C)C[C@H](CC(=O)c1cn2ccccc2n1)C(=O)NN(CCC(N)=O)C(=O)[C@@H](F)Cl.CC(C)C[C@H](CC(=O)c1cn2ccccc2n1)C(=O)NN(CCC(N)=O)C(=O)[C@H](F)Cl. The molecule has 0 unspecified atom stereocenters. The van der Waals surface area contributed by atoms with Crippen molar-refractivity contribution in [2.24, 2.45) is 35.1 Å². The molecule has 6 N–H and O–H groups in total. The maximum atomic E-state index is 13.3. The number of fused-ring (bicyclic) bond motifs is 2. The molecule has 0 aliphatic heterocycles. The van der Waals surface area contributed by atoms with Gasteiger partial charge in [0.25, 0.3) is 23.1 Å². The topological polar surface area (TPSA) is 254 Å². The number of nitrogens with two attached hydrogens (primary N) is 2. The standard InChI is InChI=1S/2C20H25ClFN5O4/c2*1-12(2)9-13(10-15(28)14-11-26-7-4-3-5-17(26)24-14)19(30)25-27(8-6-16(23)29)20(31)18(21)22/h2*3-5,7,11-13,18H,6,8-10H2,1-2H3,(H2,23,29)(H,25,30)/t13-,18+;13-,18-/m11/s1. The van der Waals surface area contributed by atoms with Crippen LogP contribution in [-0.4, -0.2) is 100 Å². The molecule has 62 heavy (non-hydrogen) atoms. The minimum absolute atomic E-state index is 0.0568. The molecule has 6 amide bonds. The lowest BCUT2D eigenvalue weighted by atomic mass is 9.91. The molecule has 0 saturated heterocycles. The van der Waals surface area contributed by atoms with E-state index in [9.17, 15) is 47.1 Å². The molecule has 4 rings (SSSR count). The molecule has 0 aromatic carbocycles. The molecular weight excluding hydrogens is 857 g/mol. The number of imidazole rings is 2. The Bertz CT molecular complexity index is 2010. The van der Waals surface area contributed by atoms with Gasteiger partial charge in [-0.05, 0) is 48.9 Å². The summed E-state index contributed by atoms with van der Waals surface area (Å²) < 4.78 is 30.0. The number of carbonyl (C=O) groups is 8. The van der Waals surface area contributed by atoms with Crippen molar-refractivity contribution in [3.05, 3.63) is 72.6 Å². The highest BCUT2D eigenvalue weighted by Crippen LogP contribution is 2.21. The molecule has 0 fully saturated rings. The van der Waals surface area contributed by atoms with Crippen LogP contribution in [0, 0.1) is 23.7 Å². The summed E-state index contributed by atoms with van der Waals surface area (Å²) in [6, 6.07) is 10.7. The molecular formula is C40H50Cl2F2N10O8. The first-order valence-corrected chi connectivity index (χ1v) is 20.3. The minimum Gasteiger partial charge on any atom is -0.370 e. The summed E-state index contributed by atoms with van der Waals surface area (Å²) >= 11 is 10.4. The van der Waals surface area contributed by atoms with E-state index in [1.54, 1.807) is 70.0 Å². The van der Waals surface area contributed by atoms with Crippen molar-refractivity contribution >= 4 is 81.5 Å². The number of amides is 6. The van der Waals surface area contributed by atoms with E-state index in [-0.39, 0.29) is 73.6 Å². The van der Waals surface area contributed by atoms with E-state index in [1.165, 1.54) is 0 Å². The molecule has 336 valence electrons. The second-order valence-corrected chi connectivity index (χ2v) is 15.8. The molecule has 4 atom stereocenters. The van der Waals surface area contributed by atoms with Gasteiger partial charge in [0.1, 0.15) is 22.7 Å². The summed E-state index contributed by atoms with van der Waals surface area (Å²) in [4.78, 5) is 106. The fourth-order valence-electron chi connectivity index (χ4n) is 6.07. The van der Waals surface area contributed by atoms with Crippen LogP contribution in [0.25, 0.3) is 11.3 Å². The average molecular weight is 908 g/mol. The van der Waals surface area contributed by atoms with Gasteiger partial charge < -0.3 is 20.3 Å². The zero-order chi connectivity index (χ0) is 46.3. The lowest BCUT2D eigenvalue weighted by Gasteiger charge is -2.26. The van der Waals surface area contributed by atoms with Gasteiger partial charge in [-0.2, -0.15) is 0 Å². The van der Waals surface area contributed by atoms with E-state index in [1.807, 2.05) is 27.7 Å². The predicted octanol–water partition coefficient (Wildman–Crippen LogP) is 3.68. The number of primary amides is 2. The van der Waals surface area contributed by atoms with E-state index >= 15 is 0 Å². The molecule has 0 spiro atoms. The van der Waals surface area contributed by atoms with E-state index in [4.69, 9.17) is 34.7 Å². The first kappa shape index (κ1) is 50.3. The summed E-state index contributed by atoms with van der Waals surface area (Å²) in [7, 11) is 0. The van der Waals surface area contributed by atoms with E-state index in [0.717, 1.165) is 0 Å². The molecule has 0 bridgehead atoms. The lowest BCUT2D eigenvalue weighted by molar-refractivity contribution is -0.145. The van der Waals surface area contributed by atoms with Crippen LogP contribution in [0.3, 0.4) is 0 Å². The van der Waals surface area contributed by atoms with Crippen LogP contribution in [-0.2, 0) is 28.8 Å². The molecule has 0 aliphatic rings. The zero-order valence-electron chi connectivity index (χ0n) is 34.5. The second kappa shape index (κ2) is 23.8. The van der Waals surface area contributed by atoms with Crippen LogP contribution in [0.4, 0.5) is 8.78 Å². The molecule has 4 aromatic rings. The highest BCUT2D eigenvalue weighted by Gasteiger charge is 2.31. The van der Waals surface area contributed by atoms with Crippen LogP contribution >= 0.6 is 23.2 Å². The monoisotopic (exact) mass is 906 g/mol. The Kier molecular flexibility index (Phi) is 19.4. The van der Waals surface area contributed by atoms with Gasteiger partial charge in [-0.15, -0.1) is 0 Å². The van der Waals surface area contributed by atoms with Gasteiger partial charge in [0.2, 0.25) is 23.6 Å². The van der Waals surface area contributed by atoms with Gasteiger partial charge in [0.05, 0.1) is 13.1 Å². The lowest BCUT2D eigenvalue weighted by Crippen LogP contribution is -2.51. The number of Topliss-reactive ketones (excluding diaryl/α,β-unsaturated/α-hetero) is 2. The van der Waals surface area contributed by atoms with Gasteiger partial charge >= 0.3 is 0 Å². The Hall–Kier alpha value is -6.02. The average Bonchev–Trinajstić information content (AvgIpc) is 3.85. The Balaban J connectivity index is 0.000000330. The Morgan fingerprint density at radius 3 is 1.29 bits per heavy atom. The minimum atomic E-state index is -2.41. The Labute approximate surface area is 365 Å². The first-order chi connectivity index (χ1) is 29.2. The van der Waals surface area contributed by atoms with Gasteiger partial charge in [0, 0.05) is 62.3 Å². The number of alkyl halides is 4. The fourth-order valence-corrected chi connectivity index (χ4v) is 6.31. The maximum absolute atomic E-state index is 13.3. The predicted molar refractivity (Wildman–Crippen MR) is 223 cm³/mol. The van der Waals surface area contributed by atoms with Gasteiger partial charge in [0.15, 0.2) is 11.6 Å². The van der Waals surface area contributed by atoms with Gasteiger partial charge in [-0.25, -0.2) is 28.8 Å². The van der Waals surface area contributed by atoms with Crippen LogP contribution in [0.15, 0.2) is 61.2 Å². The Morgan fingerprint density at radius 2 is 1.00 bits per heavy atom. The normalized spacial score (nSPS) is 13.1. The molecule has 4 heterocycles. The van der Waals surface area contributed by atoms with Crippen molar-refractivity contribution in [2.75, 3.05) is 13.1 Å². The van der Waals surface area contributed by atoms with Crippen molar-refractivity contribution < 1.29 is 47.1 Å². The zero-order valence-corrected chi connectivity index (χ0v) is 36.0. The third-order valence-corrected chi connectivity index (χ3v) is 9.35. The first-order valence-electron chi connectivity index (χ1n) is 19.5. The number of rotatable bonds is 20. The van der Waals surface area contributed by atoms with Crippen LogP contribution in [0.1, 0.15) is 87.2 Å². The number of carbonyl (C=O) groups excluding carboxylic acids is 8. The van der Waals surface area contributed by atoms with Crippen LogP contribution in [0.5, 0.6) is 0 Å². The third-order valence-electron chi connectivity index (χ3n) is 8.98. The van der Waals surface area contributed by atoms with E-state index in [2.05, 4.69) is 20.8 Å². The number of halogens is 4. The molecule has 4 aromatic heterocycles. The largest absolute Gasteiger partial charge is 0.370 e. The summed E-state index contributed by atoms with van der Waals surface area (Å²) in [6.07, 6.45) is 6.40. The molecule has 18 nitrogen and oxygen atoms in total. The van der Waals surface area contributed by atoms with E-state index in [0.29, 0.717) is 34.2 Å². The number of hydrogen-bond donors (Lipinski definition) is 4. The van der Waals surface area contributed by atoms with Crippen molar-refractivity contribution in [1.82, 2.24) is 39.6 Å². The second-order valence-electron chi connectivity index (χ2n) is 15.1. The third kappa shape index (κ3) is 15.8. The summed E-state index contributed by atoms with van der Waals surface area (Å²) in [5.74, 6) is -7.47. The molecule has 22 heteroatoms. The summed E-state index contributed by atoms with van der Waals surface area (Å²) in [6.45, 7) is 6.82. The van der Waals surface area contributed by atoms with Crippen molar-refractivity contribution in [1.29, 1.82) is 0 Å². The number of aromatic nitrogens is 4. The van der Waals surface area contributed by atoms with E-state index < -0.39 is 58.5 Å². The van der Waals surface area contributed by atoms with Gasteiger partial charge in [-0.3, -0.25) is 49.2 Å². The molecule has 0 aliphatic carbocycles. The van der Waals surface area contributed by atoms with Crippen LogP contribution < -0.4 is 22.3 Å². The maximum Gasteiger partial charge on any atom is 0.291 e. The summed E-state index contributed by atoms with van der Waals surface area (Å²) in [5, 5.41) is 1.24. The number of ketones is 2. The summed E-state index contributed by atoms with van der Waals surface area (Å²) in [5.41, 5.74) is 11.5. The van der Waals surface area contributed by atoms with Gasteiger partial charge in [-0.1, -0.05) is 63.0 Å². The smallest absolute Gasteiger partial charge is 0.291 e. The number of hydrazine groups is 2. The number of nitrogens with zero attached hydrogens (tertiary/aromatic N) is 6. The number of pyridine rings is 2. The van der Waals surface area contributed by atoms with Crippen molar-refractivity contribution in [3.8, 4) is 0 Å². The number of nitrogens with one attached hydrogen (secondary N) is 2. The number of hydrogen-bond acceptors (Lipinski definition) is 10. The van der Waals surface area contributed by atoms with Crippen LogP contribution in [0.2, 0.25) is 0 Å². The molecule has 0 saturated carbocycles. The Morgan fingerprint density at radius 1 is 0.645 bits per heavy atom. The van der Waals surface area contributed by atoms with Crippen molar-refractivity contribution in [3.63, 3.8) is 0 Å². The molecule has 0 radical (unpaired) electrons. The quantitative estimate of drug-likeness (QED) is 0.0569. The highest BCUT2D eigenvalue weighted by atomic mass is 35.5. The van der Waals surface area contributed by atoms with Crippen molar-refractivity contribution in [2.45, 2.75) is 77.5 Å². The fraction of sp³-hybridized carbons (Fsp3) is 0.450.